The van der Waals surface area contributed by atoms with Crippen molar-refractivity contribution in [3.63, 3.8) is 0 Å². The van der Waals surface area contributed by atoms with Crippen molar-refractivity contribution in [2.24, 2.45) is 0 Å². The Morgan fingerprint density at radius 1 is 0.857 bits per heavy atom. The molecule has 0 aromatic heterocycles. The molecule has 12 heteroatoms. The quantitative estimate of drug-likeness (QED) is 0.211. The van der Waals surface area contributed by atoms with Crippen molar-refractivity contribution in [1.29, 1.82) is 0 Å². The molecule has 6 N–H and O–H groups in total. The Bertz CT molecular complexity index is 361. The molecule has 0 amide bonds. The van der Waals surface area contributed by atoms with Crippen LogP contribution < -0.4 is 0 Å². The van der Waals surface area contributed by atoms with Gasteiger partial charge >= 0.3 is 15.2 Å². The van der Waals surface area contributed by atoms with Crippen LogP contribution in [0.2, 0.25) is 0 Å². The molecule has 0 rings (SSSR count). The van der Waals surface area contributed by atoms with Gasteiger partial charge in [0.05, 0.1) is 0 Å². The standard InChI is InChI=1S/C9H24N2O8P2/c1-8(12)11(9(2)13)5-3-4-10(6-20(14,15)16)7-21(17,18)19/h8-9,12-13H,3-7H2,1-2H3,(H2,14,15,16)(H2,17,18,19). The van der Waals surface area contributed by atoms with Crippen molar-refractivity contribution in [2.75, 3.05) is 25.7 Å². The Balaban J connectivity index is 4.54. The summed E-state index contributed by atoms with van der Waals surface area (Å²) in [6.07, 6.45) is -3.09. The molecule has 10 nitrogen and oxygen atoms in total. The zero-order valence-corrected chi connectivity index (χ0v) is 13.8. The molecule has 0 heterocycles. The summed E-state index contributed by atoms with van der Waals surface area (Å²) in [6.45, 7) is 3.12. The van der Waals surface area contributed by atoms with Crippen LogP contribution in [0, 0.1) is 0 Å². The first-order chi connectivity index (χ1) is 9.32. The lowest BCUT2D eigenvalue weighted by molar-refractivity contribution is -0.0848. The second kappa shape index (κ2) is 8.69. The molecule has 0 saturated heterocycles. The Labute approximate surface area is 123 Å². The predicted octanol–water partition coefficient (Wildman–Crippen LogP) is -1.07. The third-order valence-corrected chi connectivity index (χ3v) is 4.16. The van der Waals surface area contributed by atoms with Crippen molar-refractivity contribution in [1.82, 2.24) is 9.80 Å². The summed E-state index contributed by atoms with van der Waals surface area (Å²) < 4.78 is 21.9. The smallest absolute Gasteiger partial charge is 0.339 e. The van der Waals surface area contributed by atoms with E-state index in [1.54, 1.807) is 0 Å². The van der Waals surface area contributed by atoms with Crippen LogP contribution in [-0.4, -0.2) is 77.7 Å². The number of nitrogens with zero attached hydrogens (tertiary/aromatic N) is 2. The summed E-state index contributed by atoms with van der Waals surface area (Å²) >= 11 is 0. The Morgan fingerprint density at radius 3 is 1.52 bits per heavy atom. The first kappa shape index (κ1) is 21.1. The van der Waals surface area contributed by atoms with Crippen LogP contribution in [0.15, 0.2) is 0 Å². The topological polar surface area (TPSA) is 162 Å². The molecule has 0 aromatic rings. The first-order valence-electron chi connectivity index (χ1n) is 6.25. The largest absolute Gasteiger partial charge is 0.379 e. The van der Waals surface area contributed by atoms with E-state index >= 15 is 0 Å². The molecule has 0 aliphatic heterocycles. The fourth-order valence-corrected chi connectivity index (χ4v) is 3.55. The van der Waals surface area contributed by atoms with Crippen molar-refractivity contribution in [2.45, 2.75) is 32.7 Å². The molecular weight excluding hydrogens is 326 g/mol. The minimum atomic E-state index is -4.44. The maximum Gasteiger partial charge on any atom is 0.339 e. The molecule has 0 bridgehead atoms. The van der Waals surface area contributed by atoms with Crippen LogP contribution in [0.25, 0.3) is 0 Å². The monoisotopic (exact) mass is 350 g/mol. The maximum absolute atomic E-state index is 11.0. The van der Waals surface area contributed by atoms with Gasteiger partial charge in [0, 0.05) is 13.1 Å². The van der Waals surface area contributed by atoms with Crippen molar-refractivity contribution >= 4 is 15.2 Å². The normalized spacial score (nSPS) is 16.5. The number of aliphatic hydroxyl groups excluding tert-OH is 2. The number of rotatable bonds is 10. The average Bonchev–Trinajstić information content (AvgIpc) is 2.17. The zero-order valence-electron chi connectivity index (χ0n) is 12.0. The van der Waals surface area contributed by atoms with Crippen LogP contribution in [0.4, 0.5) is 0 Å². The molecule has 0 fully saturated rings. The number of hydrogen-bond acceptors (Lipinski definition) is 6. The minimum Gasteiger partial charge on any atom is -0.379 e. The van der Waals surface area contributed by atoms with Gasteiger partial charge in [-0.25, -0.2) is 0 Å². The molecule has 0 aliphatic rings. The van der Waals surface area contributed by atoms with Crippen molar-refractivity contribution in [3.05, 3.63) is 0 Å². The fourth-order valence-electron chi connectivity index (χ4n) is 1.87. The van der Waals surface area contributed by atoms with E-state index in [0.717, 1.165) is 4.90 Å². The lowest BCUT2D eigenvalue weighted by atomic mass is 10.3. The predicted molar refractivity (Wildman–Crippen MR) is 75.2 cm³/mol. The Hall–Kier alpha value is 0.140. The molecule has 128 valence electrons. The summed E-state index contributed by atoms with van der Waals surface area (Å²) in [5.74, 6) is 0. The van der Waals surface area contributed by atoms with Gasteiger partial charge in [-0.05, 0) is 20.3 Å². The fraction of sp³-hybridized carbons (Fsp3) is 1.00. The highest BCUT2D eigenvalue weighted by atomic mass is 31.2. The van der Waals surface area contributed by atoms with E-state index in [1.165, 1.54) is 18.7 Å². The van der Waals surface area contributed by atoms with Gasteiger partial charge in [0.25, 0.3) is 0 Å². The van der Waals surface area contributed by atoms with Gasteiger partial charge in [-0.2, -0.15) is 0 Å². The van der Waals surface area contributed by atoms with Gasteiger partial charge in [-0.15, -0.1) is 0 Å². The Morgan fingerprint density at radius 2 is 1.24 bits per heavy atom. The minimum absolute atomic E-state index is 0.00611. The second-order valence-electron chi connectivity index (χ2n) is 4.86. The van der Waals surface area contributed by atoms with Gasteiger partial charge in [-0.1, -0.05) is 0 Å². The van der Waals surface area contributed by atoms with Gasteiger partial charge in [0.2, 0.25) is 0 Å². The van der Waals surface area contributed by atoms with Crippen LogP contribution in [0.3, 0.4) is 0 Å². The molecule has 0 aliphatic carbocycles. The summed E-state index contributed by atoms with van der Waals surface area (Å²) in [4.78, 5) is 37.9. The molecule has 0 saturated carbocycles. The number of hydrogen-bond donors (Lipinski definition) is 6. The lowest BCUT2D eigenvalue weighted by Crippen LogP contribution is -2.41. The molecule has 2 unspecified atom stereocenters. The summed E-state index contributed by atoms with van der Waals surface area (Å²) in [5, 5.41) is 18.8. The second-order valence-corrected chi connectivity index (χ2v) is 8.09. The van der Waals surface area contributed by atoms with Crippen molar-refractivity contribution < 1.29 is 38.9 Å². The van der Waals surface area contributed by atoms with E-state index in [1.807, 2.05) is 0 Å². The van der Waals surface area contributed by atoms with E-state index in [4.69, 9.17) is 19.6 Å². The van der Waals surface area contributed by atoms with Crippen LogP contribution in [0.1, 0.15) is 20.3 Å². The highest BCUT2D eigenvalue weighted by Crippen LogP contribution is 2.40. The summed E-state index contributed by atoms with van der Waals surface area (Å²) in [6, 6.07) is 0. The molecule has 21 heavy (non-hydrogen) atoms. The van der Waals surface area contributed by atoms with Crippen molar-refractivity contribution in [3.8, 4) is 0 Å². The molecule has 0 aromatic carbocycles. The maximum atomic E-state index is 11.0. The molecule has 0 spiro atoms. The zero-order chi connectivity index (χ0) is 16.8. The Kier molecular flexibility index (Phi) is 8.75. The van der Waals surface area contributed by atoms with Crippen LogP contribution >= 0.6 is 15.2 Å². The average molecular weight is 350 g/mol. The number of aliphatic hydroxyl groups is 2. The van der Waals surface area contributed by atoms with E-state index in [0.29, 0.717) is 0 Å². The van der Waals surface area contributed by atoms with E-state index in [9.17, 15) is 19.3 Å². The SMILES string of the molecule is CC(O)N(CCCN(CP(=O)(O)O)CP(=O)(O)O)C(C)O. The third kappa shape index (κ3) is 11.4. The van der Waals surface area contributed by atoms with Crippen LogP contribution in [-0.2, 0) is 9.13 Å². The van der Waals surface area contributed by atoms with Gasteiger partial charge < -0.3 is 29.8 Å². The summed E-state index contributed by atoms with van der Waals surface area (Å²) in [7, 11) is -8.88. The third-order valence-electron chi connectivity index (χ3n) is 2.62. The van der Waals surface area contributed by atoms with E-state index in [-0.39, 0.29) is 19.5 Å². The molecule has 0 radical (unpaired) electrons. The van der Waals surface area contributed by atoms with Crippen LogP contribution in [0.5, 0.6) is 0 Å². The lowest BCUT2D eigenvalue weighted by Gasteiger charge is -2.29. The highest BCUT2D eigenvalue weighted by molar-refractivity contribution is 7.52. The molecule has 2 atom stereocenters. The van der Waals surface area contributed by atoms with Gasteiger partial charge in [-0.3, -0.25) is 18.9 Å². The van der Waals surface area contributed by atoms with E-state index < -0.39 is 40.2 Å². The molecular formula is C9H24N2O8P2. The summed E-state index contributed by atoms with van der Waals surface area (Å²) in [5.41, 5.74) is 0. The highest BCUT2D eigenvalue weighted by Gasteiger charge is 2.26. The van der Waals surface area contributed by atoms with Gasteiger partial charge in [0.15, 0.2) is 0 Å². The van der Waals surface area contributed by atoms with E-state index in [2.05, 4.69) is 0 Å². The van der Waals surface area contributed by atoms with Gasteiger partial charge in [0.1, 0.15) is 25.0 Å². The first-order valence-corrected chi connectivity index (χ1v) is 9.85.